The summed E-state index contributed by atoms with van der Waals surface area (Å²) in [5.74, 6) is -0.918. The second-order valence-electron chi connectivity index (χ2n) is 4.82. The molecule has 1 aromatic carbocycles. The van der Waals surface area contributed by atoms with Crippen LogP contribution in [0.2, 0.25) is 0 Å². The number of aliphatic carboxylic acids is 1. The van der Waals surface area contributed by atoms with Gasteiger partial charge in [-0.15, -0.1) is 11.3 Å². The molecule has 1 aromatic heterocycles. The van der Waals surface area contributed by atoms with Crippen molar-refractivity contribution in [2.24, 2.45) is 0 Å². The molecular weight excluding hydrogens is 290 g/mol. The van der Waals surface area contributed by atoms with E-state index in [9.17, 15) is 9.59 Å². The zero-order chi connectivity index (χ0) is 15.4. The average molecular weight is 307 g/mol. The number of nitrogens with one attached hydrogen (secondary N) is 1. The number of carboxylic acid groups (broad SMARTS) is 1. The number of hydrogen-bond donors (Lipinski definition) is 2. The van der Waals surface area contributed by atoms with Gasteiger partial charge in [-0.3, -0.25) is 4.79 Å². The molecule has 1 unspecified atom stereocenters. The van der Waals surface area contributed by atoms with Crippen molar-refractivity contribution in [1.82, 2.24) is 15.2 Å². The third kappa shape index (κ3) is 3.91. The minimum Gasteiger partial charge on any atom is -0.481 e. The Morgan fingerprint density at radius 1 is 1.48 bits per heavy atom. The number of thiazole rings is 1. The number of fused-ring (bicyclic) bond motifs is 1. The molecule has 1 atom stereocenters. The zero-order valence-corrected chi connectivity index (χ0v) is 12.7. The highest BCUT2D eigenvalue weighted by molar-refractivity contribution is 7.16. The molecule has 0 aliphatic carbocycles. The number of nitrogens with zero attached hydrogens (tertiary/aromatic N) is 2. The predicted molar refractivity (Wildman–Crippen MR) is 81.4 cm³/mol. The summed E-state index contributed by atoms with van der Waals surface area (Å²) in [4.78, 5) is 28.1. The normalized spacial score (nSPS) is 12.1. The molecular formula is C14H17N3O3S. The number of benzene rings is 1. The SMILES string of the molecule is CC(NC(=O)N(C)CCC(=O)O)c1ccc2ncsc2c1. The fourth-order valence-corrected chi connectivity index (χ4v) is 2.61. The van der Waals surface area contributed by atoms with Crippen LogP contribution in [-0.4, -0.2) is 40.6 Å². The van der Waals surface area contributed by atoms with E-state index < -0.39 is 5.97 Å². The van der Waals surface area contributed by atoms with Gasteiger partial charge < -0.3 is 15.3 Å². The minimum absolute atomic E-state index is 0.0644. The number of rotatable bonds is 5. The van der Waals surface area contributed by atoms with E-state index in [1.165, 1.54) is 4.90 Å². The minimum atomic E-state index is -0.918. The lowest BCUT2D eigenvalue weighted by Gasteiger charge is -2.21. The molecule has 0 fully saturated rings. The van der Waals surface area contributed by atoms with E-state index in [0.29, 0.717) is 0 Å². The van der Waals surface area contributed by atoms with Gasteiger partial charge in [0.2, 0.25) is 0 Å². The van der Waals surface area contributed by atoms with Crippen LogP contribution in [0.5, 0.6) is 0 Å². The second-order valence-corrected chi connectivity index (χ2v) is 5.70. The number of aromatic nitrogens is 1. The van der Waals surface area contributed by atoms with Crippen molar-refractivity contribution in [3.8, 4) is 0 Å². The van der Waals surface area contributed by atoms with Crippen molar-refractivity contribution in [2.45, 2.75) is 19.4 Å². The first-order chi connectivity index (χ1) is 9.97. The Hall–Kier alpha value is -2.15. The lowest BCUT2D eigenvalue weighted by molar-refractivity contribution is -0.137. The van der Waals surface area contributed by atoms with Crippen LogP contribution in [0.15, 0.2) is 23.7 Å². The third-order valence-electron chi connectivity index (χ3n) is 3.20. The molecule has 0 spiro atoms. The second kappa shape index (κ2) is 6.53. The van der Waals surface area contributed by atoms with Crippen LogP contribution in [0.25, 0.3) is 10.2 Å². The van der Waals surface area contributed by atoms with Crippen molar-refractivity contribution < 1.29 is 14.7 Å². The van der Waals surface area contributed by atoms with Crippen LogP contribution >= 0.6 is 11.3 Å². The maximum Gasteiger partial charge on any atom is 0.317 e. The monoisotopic (exact) mass is 307 g/mol. The molecule has 1 heterocycles. The molecule has 112 valence electrons. The van der Waals surface area contributed by atoms with E-state index in [-0.39, 0.29) is 25.0 Å². The Bertz CT molecular complexity index is 656. The number of urea groups is 1. The van der Waals surface area contributed by atoms with E-state index in [1.54, 1.807) is 23.9 Å². The van der Waals surface area contributed by atoms with E-state index in [2.05, 4.69) is 10.3 Å². The number of carbonyl (C=O) groups excluding carboxylic acids is 1. The summed E-state index contributed by atoms with van der Waals surface area (Å²) in [5.41, 5.74) is 3.73. The highest BCUT2D eigenvalue weighted by Crippen LogP contribution is 2.22. The molecule has 0 aliphatic rings. The topological polar surface area (TPSA) is 82.5 Å². The summed E-state index contributed by atoms with van der Waals surface area (Å²) in [6.45, 7) is 2.08. The lowest BCUT2D eigenvalue weighted by atomic mass is 10.1. The fraction of sp³-hybridized carbons (Fsp3) is 0.357. The first-order valence-electron chi connectivity index (χ1n) is 6.54. The van der Waals surface area contributed by atoms with Crippen LogP contribution in [0.1, 0.15) is 24.9 Å². The lowest BCUT2D eigenvalue weighted by Crippen LogP contribution is -2.39. The van der Waals surface area contributed by atoms with Gasteiger partial charge in [0.25, 0.3) is 0 Å². The van der Waals surface area contributed by atoms with Crippen molar-refractivity contribution in [3.05, 3.63) is 29.3 Å². The smallest absolute Gasteiger partial charge is 0.317 e. The number of carboxylic acids is 1. The molecule has 6 nitrogen and oxygen atoms in total. The van der Waals surface area contributed by atoms with Crippen molar-refractivity contribution in [3.63, 3.8) is 0 Å². The molecule has 0 saturated carbocycles. The fourth-order valence-electron chi connectivity index (χ4n) is 1.88. The molecule has 0 bridgehead atoms. The van der Waals surface area contributed by atoms with Gasteiger partial charge in [-0.1, -0.05) is 6.07 Å². The van der Waals surface area contributed by atoms with Gasteiger partial charge in [0.1, 0.15) is 0 Å². The molecule has 2 amide bonds. The molecule has 21 heavy (non-hydrogen) atoms. The van der Waals surface area contributed by atoms with Crippen molar-refractivity contribution >= 4 is 33.6 Å². The van der Waals surface area contributed by atoms with Crippen LogP contribution in [0.4, 0.5) is 4.79 Å². The average Bonchev–Trinajstić information content (AvgIpc) is 2.91. The Balaban J connectivity index is 1.97. The Morgan fingerprint density at radius 3 is 2.95 bits per heavy atom. The summed E-state index contributed by atoms with van der Waals surface area (Å²) in [5, 5.41) is 11.5. The summed E-state index contributed by atoms with van der Waals surface area (Å²) in [6.07, 6.45) is -0.0644. The zero-order valence-electron chi connectivity index (χ0n) is 11.9. The molecule has 2 N–H and O–H groups in total. The molecule has 0 aliphatic heterocycles. The first kappa shape index (κ1) is 15.2. The van der Waals surface area contributed by atoms with Crippen molar-refractivity contribution in [2.75, 3.05) is 13.6 Å². The number of hydrogen-bond acceptors (Lipinski definition) is 4. The summed E-state index contributed by atoms with van der Waals surface area (Å²) in [7, 11) is 1.58. The number of amides is 2. The van der Waals surface area contributed by atoms with Crippen LogP contribution in [0, 0.1) is 0 Å². The van der Waals surface area contributed by atoms with Gasteiger partial charge in [0.15, 0.2) is 0 Å². The van der Waals surface area contributed by atoms with E-state index in [1.807, 2.05) is 25.1 Å². The summed E-state index contributed by atoms with van der Waals surface area (Å²) in [6, 6.07) is 5.43. The Labute approximate surface area is 126 Å². The first-order valence-corrected chi connectivity index (χ1v) is 7.42. The van der Waals surface area contributed by atoms with Gasteiger partial charge in [0.05, 0.1) is 28.2 Å². The van der Waals surface area contributed by atoms with E-state index in [4.69, 9.17) is 5.11 Å². The standard InChI is InChI=1S/C14H17N3O3S/c1-9(16-14(20)17(2)6-5-13(18)19)10-3-4-11-12(7-10)21-8-15-11/h3-4,7-9H,5-6H2,1-2H3,(H,16,20)(H,18,19). The third-order valence-corrected chi connectivity index (χ3v) is 3.99. The molecule has 2 rings (SSSR count). The largest absolute Gasteiger partial charge is 0.481 e. The molecule has 2 aromatic rings. The maximum atomic E-state index is 12.0. The molecule has 0 radical (unpaired) electrons. The summed E-state index contributed by atoms with van der Waals surface area (Å²) < 4.78 is 1.08. The Kier molecular flexibility index (Phi) is 4.74. The van der Waals surface area contributed by atoms with Crippen LogP contribution < -0.4 is 5.32 Å². The van der Waals surface area contributed by atoms with Gasteiger partial charge in [-0.05, 0) is 24.6 Å². The molecule has 0 saturated heterocycles. The van der Waals surface area contributed by atoms with Crippen molar-refractivity contribution in [1.29, 1.82) is 0 Å². The van der Waals surface area contributed by atoms with Gasteiger partial charge >= 0.3 is 12.0 Å². The predicted octanol–water partition coefficient (Wildman–Crippen LogP) is 2.47. The van der Waals surface area contributed by atoms with E-state index >= 15 is 0 Å². The highest BCUT2D eigenvalue weighted by Gasteiger charge is 2.14. The van der Waals surface area contributed by atoms with Crippen LogP contribution in [0.3, 0.4) is 0 Å². The van der Waals surface area contributed by atoms with Gasteiger partial charge in [0, 0.05) is 13.6 Å². The highest BCUT2D eigenvalue weighted by atomic mass is 32.1. The Morgan fingerprint density at radius 2 is 2.24 bits per heavy atom. The van der Waals surface area contributed by atoms with Gasteiger partial charge in [-0.2, -0.15) is 0 Å². The van der Waals surface area contributed by atoms with Gasteiger partial charge in [-0.25, -0.2) is 9.78 Å². The molecule has 7 heteroatoms. The van der Waals surface area contributed by atoms with E-state index in [0.717, 1.165) is 15.8 Å². The summed E-state index contributed by atoms with van der Waals surface area (Å²) >= 11 is 1.56. The van der Waals surface area contributed by atoms with Crippen LogP contribution in [-0.2, 0) is 4.79 Å². The number of carbonyl (C=O) groups is 2. The quantitative estimate of drug-likeness (QED) is 0.889. The maximum absolute atomic E-state index is 12.0.